The van der Waals surface area contributed by atoms with Gasteiger partial charge in [-0.25, -0.2) is 0 Å². The standard InChI is InChI=1S/C14H17NO/c1-15(2)10-9-12-5-7-13(8-6-12)14-4-3-11-16-14/h3-8,11H,9-10H2,1-2H3. The molecule has 0 amide bonds. The molecule has 0 atom stereocenters. The van der Waals surface area contributed by atoms with Gasteiger partial charge in [0.1, 0.15) is 5.76 Å². The molecular formula is C14H17NO. The van der Waals surface area contributed by atoms with Crippen LogP contribution in [0.1, 0.15) is 5.56 Å². The fourth-order valence-corrected chi connectivity index (χ4v) is 1.63. The molecule has 1 heterocycles. The van der Waals surface area contributed by atoms with Gasteiger partial charge in [-0.3, -0.25) is 0 Å². The molecule has 16 heavy (non-hydrogen) atoms. The van der Waals surface area contributed by atoms with Crippen LogP contribution in [0.3, 0.4) is 0 Å². The quantitative estimate of drug-likeness (QED) is 0.779. The first kappa shape index (κ1) is 11.0. The summed E-state index contributed by atoms with van der Waals surface area (Å²) in [6.45, 7) is 1.08. The molecule has 2 rings (SSSR count). The zero-order valence-corrected chi connectivity index (χ0v) is 9.81. The first-order chi connectivity index (χ1) is 7.75. The van der Waals surface area contributed by atoms with Crippen LogP contribution in [0.5, 0.6) is 0 Å². The zero-order chi connectivity index (χ0) is 11.4. The first-order valence-electron chi connectivity index (χ1n) is 5.53. The minimum Gasteiger partial charge on any atom is -0.464 e. The molecule has 0 aliphatic carbocycles. The molecule has 0 N–H and O–H groups in total. The number of hydrogen-bond donors (Lipinski definition) is 0. The largest absolute Gasteiger partial charge is 0.464 e. The SMILES string of the molecule is CN(C)CCc1ccc(-c2ccco2)cc1. The lowest BCUT2D eigenvalue weighted by Crippen LogP contribution is -2.14. The molecule has 2 aromatic rings. The lowest BCUT2D eigenvalue weighted by atomic mass is 10.1. The van der Waals surface area contributed by atoms with Gasteiger partial charge in [0.05, 0.1) is 6.26 Å². The van der Waals surface area contributed by atoms with Gasteiger partial charge in [-0.2, -0.15) is 0 Å². The second-order valence-electron chi connectivity index (χ2n) is 4.23. The molecular weight excluding hydrogens is 198 g/mol. The van der Waals surface area contributed by atoms with E-state index in [4.69, 9.17) is 4.42 Å². The van der Waals surface area contributed by atoms with Crippen LogP contribution in [-0.4, -0.2) is 25.5 Å². The van der Waals surface area contributed by atoms with E-state index in [0.717, 1.165) is 24.3 Å². The lowest BCUT2D eigenvalue weighted by Gasteiger charge is -2.09. The number of rotatable bonds is 4. The van der Waals surface area contributed by atoms with E-state index in [1.54, 1.807) is 6.26 Å². The molecule has 2 heteroatoms. The Balaban J connectivity index is 2.05. The molecule has 1 aromatic heterocycles. The molecule has 0 unspecified atom stereocenters. The van der Waals surface area contributed by atoms with E-state index >= 15 is 0 Å². The summed E-state index contributed by atoms with van der Waals surface area (Å²) < 4.78 is 5.35. The minimum absolute atomic E-state index is 0.930. The fraction of sp³-hybridized carbons (Fsp3) is 0.286. The minimum atomic E-state index is 0.930. The summed E-state index contributed by atoms with van der Waals surface area (Å²) in [5, 5.41) is 0. The van der Waals surface area contributed by atoms with Gasteiger partial charge in [-0.15, -0.1) is 0 Å². The monoisotopic (exact) mass is 215 g/mol. The van der Waals surface area contributed by atoms with Crippen LogP contribution in [0.2, 0.25) is 0 Å². The topological polar surface area (TPSA) is 16.4 Å². The van der Waals surface area contributed by atoms with Crippen LogP contribution in [0, 0.1) is 0 Å². The average molecular weight is 215 g/mol. The van der Waals surface area contributed by atoms with Gasteiger partial charge in [-0.1, -0.05) is 24.3 Å². The van der Waals surface area contributed by atoms with Crippen molar-refractivity contribution in [3.05, 3.63) is 48.2 Å². The maximum absolute atomic E-state index is 5.35. The first-order valence-corrected chi connectivity index (χ1v) is 5.53. The third kappa shape index (κ3) is 2.74. The zero-order valence-electron chi connectivity index (χ0n) is 9.81. The van der Waals surface area contributed by atoms with Crippen molar-refractivity contribution in [2.24, 2.45) is 0 Å². The maximum atomic E-state index is 5.35. The molecule has 1 aromatic carbocycles. The Kier molecular flexibility index (Phi) is 3.42. The van der Waals surface area contributed by atoms with Crippen LogP contribution in [0.4, 0.5) is 0 Å². The highest BCUT2D eigenvalue weighted by molar-refractivity contribution is 5.57. The van der Waals surface area contributed by atoms with Gasteiger partial charge in [0, 0.05) is 12.1 Å². The van der Waals surface area contributed by atoms with Crippen LogP contribution in [0.25, 0.3) is 11.3 Å². The predicted molar refractivity (Wildman–Crippen MR) is 66.4 cm³/mol. The van der Waals surface area contributed by atoms with Gasteiger partial charge < -0.3 is 9.32 Å². The Morgan fingerprint density at radius 2 is 1.81 bits per heavy atom. The number of likely N-dealkylation sites (N-methyl/N-ethyl adjacent to an activating group) is 1. The number of benzene rings is 1. The van der Waals surface area contributed by atoms with E-state index in [2.05, 4.69) is 43.3 Å². The molecule has 2 nitrogen and oxygen atoms in total. The van der Waals surface area contributed by atoms with Gasteiger partial charge in [0.25, 0.3) is 0 Å². The van der Waals surface area contributed by atoms with E-state index in [1.165, 1.54) is 5.56 Å². The van der Waals surface area contributed by atoms with E-state index in [-0.39, 0.29) is 0 Å². The van der Waals surface area contributed by atoms with Crippen molar-refractivity contribution in [2.45, 2.75) is 6.42 Å². The third-order valence-corrected chi connectivity index (χ3v) is 2.61. The molecule has 0 radical (unpaired) electrons. The Morgan fingerprint density at radius 1 is 1.06 bits per heavy atom. The van der Waals surface area contributed by atoms with Gasteiger partial charge in [0.15, 0.2) is 0 Å². The van der Waals surface area contributed by atoms with Crippen molar-refractivity contribution in [3.63, 3.8) is 0 Å². The van der Waals surface area contributed by atoms with Crippen LogP contribution < -0.4 is 0 Å². The molecule has 0 bridgehead atoms. The summed E-state index contributed by atoms with van der Waals surface area (Å²) in [6, 6.07) is 12.5. The van der Waals surface area contributed by atoms with Crippen LogP contribution in [0.15, 0.2) is 47.1 Å². The summed E-state index contributed by atoms with van der Waals surface area (Å²) in [6.07, 6.45) is 2.79. The highest BCUT2D eigenvalue weighted by atomic mass is 16.3. The van der Waals surface area contributed by atoms with Crippen molar-refractivity contribution in [2.75, 3.05) is 20.6 Å². The van der Waals surface area contributed by atoms with Crippen molar-refractivity contribution in [3.8, 4) is 11.3 Å². The number of nitrogens with zero attached hydrogens (tertiary/aromatic N) is 1. The second-order valence-corrected chi connectivity index (χ2v) is 4.23. The van der Waals surface area contributed by atoms with E-state index in [0.29, 0.717) is 0 Å². The van der Waals surface area contributed by atoms with Gasteiger partial charge >= 0.3 is 0 Å². The molecule has 0 spiro atoms. The summed E-state index contributed by atoms with van der Waals surface area (Å²) in [7, 11) is 4.19. The average Bonchev–Trinajstić information content (AvgIpc) is 2.80. The normalized spacial score (nSPS) is 10.9. The Labute approximate surface area is 96.5 Å². The Bertz CT molecular complexity index is 415. The van der Waals surface area contributed by atoms with E-state index in [1.807, 2.05) is 12.1 Å². The highest BCUT2D eigenvalue weighted by Gasteiger charge is 2.00. The molecule has 0 aliphatic rings. The summed E-state index contributed by atoms with van der Waals surface area (Å²) >= 11 is 0. The van der Waals surface area contributed by atoms with Crippen molar-refractivity contribution in [1.82, 2.24) is 4.90 Å². The van der Waals surface area contributed by atoms with Crippen LogP contribution >= 0.6 is 0 Å². The van der Waals surface area contributed by atoms with Crippen molar-refractivity contribution < 1.29 is 4.42 Å². The summed E-state index contributed by atoms with van der Waals surface area (Å²) in [4.78, 5) is 2.19. The third-order valence-electron chi connectivity index (χ3n) is 2.61. The smallest absolute Gasteiger partial charge is 0.133 e. The maximum Gasteiger partial charge on any atom is 0.133 e. The highest BCUT2D eigenvalue weighted by Crippen LogP contribution is 2.20. The second kappa shape index (κ2) is 4.99. The van der Waals surface area contributed by atoms with Crippen molar-refractivity contribution >= 4 is 0 Å². The Hall–Kier alpha value is -1.54. The fourth-order valence-electron chi connectivity index (χ4n) is 1.63. The van der Waals surface area contributed by atoms with E-state index < -0.39 is 0 Å². The molecule has 84 valence electrons. The lowest BCUT2D eigenvalue weighted by molar-refractivity contribution is 0.413. The van der Waals surface area contributed by atoms with Gasteiger partial charge in [-0.05, 0) is 38.2 Å². The molecule has 0 saturated heterocycles. The number of hydrogen-bond acceptors (Lipinski definition) is 2. The van der Waals surface area contributed by atoms with E-state index in [9.17, 15) is 0 Å². The summed E-state index contributed by atoms with van der Waals surface area (Å²) in [5.41, 5.74) is 2.50. The van der Waals surface area contributed by atoms with Crippen LogP contribution in [-0.2, 0) is 6.42 Å². The number of furan rings is 1. The molecule has 0 saturated carbocycles. The molecule has 0 aliphatic heterocycles. The Morgan fingerprint density at radius 3 is 2.38 bits per heavy atom. The van der Waals surface area contributed by atoms with Crippen molar-refractivity contribution in [1.29, 1.82) is 0 Å². The van der Waals surface area contributed by atoms with Gasteiger partial charge in [0.2, 0.25) is 0 Å². The molecule has 0 fully saturated rings. The summed E-state index contributed by atoms with van der Waals surface area (Å²) in [5.74, 6) is 0.930. The predicted octanol–water partition coefficient (Wildman–Crippen LogP) is 3.05.